The Morgan fingerprint density at radius 1 is 1.12 bits per heavy atom. The summed E-state index contributed by atoms with van der Waals surface area (Å²) >= 11 is 1.31. The number of rotatable bonds is 14. The van der Waals surface area contributed by atoms with Crippen LogP contribution in [0.15, 0.2) is 22.7 Å². The summed E-state index contributed by atoms with van der Waals surface area (Å²) in [5.74, 6) is -0.0594. The molecule has 25 heavy (non-hydrogen) atoms. The summed E-state index contributed by atoms with van der Waals surface area (Å²) in [4.78, 5) is 0.594. The van der Waals surface area contributed by atoms with Crippen molar-refractivity contribution < 1.29 is 12.7 Å². The van der Waals surface area contributed by atoms with Crippen LogP contribution in [-0.2, 0) is 14.4 Å². The predicted octanol–water partition coefficient (Wildman–Crippen LogP) is 5.24. The van der Waals surface area contributed by atoms with Crippen molar-refractivity contribution in [2.45, 2.75) is 71.1 Å². The standard InChI is InChI=1S/C18H28N2O3S2/c1-2-3-4-5-6-7-8-9-10-11-15-25(21,22)23-20-17(16-19)18-13-12-14-24-18/h12-14H,2-11,15H2,1H3/b20-17-. The highest BCUT2D eigenvalue weighted by molar-refractivity contribution is 7.86. The zero-order valence-electron chi connectivity index (χ0n) is 14.9. The van der Waals surface area contributed by atoms with E-state index in [1.807, 2.05) is 6.07 Å². The molecule has 0 saturated carbocycles. The molecule has 5 nitrogen and oxygen atoms in total. The zero-order chi connectivity index (χ0) is 18.4. The zero-order valence-corrected chi connectivity index (χ0v) is 16.6. The second-order valence-electron chi connectivity index (χ2n) is 6.05. The van der Waals surface area contributed by atoms with Crippen molar-refractivity contribution >= 4 is 27.2 Å². The van der Waals surface area contributed by atoms with Crippen LogP contribution in [-0.4, -0.2) is 19.9 Å². The van der Waals surface area contributed by atoms with Gasteiger partial charge in [0.25, 0.3) is 0 Å². The Kier molecular flexibility index (Phi) is 11.2. The van der Waals surface area contributed by atoms with E-state index in [4.69, 9.17) is 5.26 Å². The fourth-order valence-corrected chi connectivity index (χ4v) is 3.91. The second kappa shape index (κ2) is 12.9. The molecule has 0 aliphatic rings. The molecule has 0 N–H and O–H groups in total. The van der Waals surface area contributed by atoms with E-state index in [1.54, 1.807) is 17.5 Å². The first kappa shape index (κ1) is 21.7. The fourth-order valence-electron chi connectivity index (χ4n) is 2.43. The van der Waals surface area contributed by atoms with Crippen LogP contribution < -0.4 is 0 Å². The molecule has 0 fully saturated rings. The van der Waals surface area contributed by atoms with Gasteiger partial charge in [-0.2, -0.15) is 13.7 Å². The lowest BCUT2D eigenvalue weighted by atomic mass is 10.1. The molecule has 0 unspecified atom stereocenters. The van der Waals surface area contributed by atoms with Gasteiger partial charge in [-0.3, -0.25) is 4.28 Å². The molecule has 140 valence electrons. The normalized spacial score (nSPS) is 12.1. The maximum Gasteiger partial charge on any atom is 0.328 e. The van der Waals surface area contributed by atoms with Gasteiger partial charge in [0.15, 0.2) is 5.71 Å². The van der Waals surface area contributed by atoms with Crippen molar-refractivity contribution in [3.8, 4) is 6.07 Å². The van der Waals surface area contributed by atoms with Crippen LogP contribution in [0.3, 0.4) is 0 Å². The molecule has 0 aromatic carbocycles. The van der Waals surface area contributed by atoms with Crippen molar-refractivity contribution in [3.05, 3.63) is 22.4 Å². The maximum atomic E-state index is 11.8. The van der Waals surface area contributed by atoms with Crippen LogP contribution >= 0.6 is 11.3 Å². The first-order valence-electron chi connectivity index (χ1n) is 9.02. The Balaban J connectivity index is 2.16. The molecular weight excluding hydrogens is 356 g/mol. The van der Waals surface area contributed by atoms with Gasteiger partial charge in [-0.05, 0) is 17.9 Å². The average molecular weight is 385 g/mol. The van der Waals surface area contributed by atoms with Crippen LogP contribution in [0.25, 0.3) is 0 Å². The molecule has 0 amide bonds. The van der Waals surface area contributed by atoms with E-state index in [1.165, 1.54) is 49.9 Å². The monoisotopic (exact) mass is 384 g/mol. The maximum absolute atomic E-state index is 11.8. The number of unbranched alkanes of at least 4 members (excludes halogenated alkanes) is 9. The Morgan fingerprint density at radius 3 is 2.24 bits per heavy atom. The van der Waals surface area contributed by atoms with Gasteiger partial charge < -0.3 is 0 Å². The van der Waals surface area contributed by atoms with E-state index in [-0.39, 0.29) is 11.5 Å². The van der Waals surface area contributed by atoms with E-state index >= 15 is 0 Å². The van der Waals surface area contributed by atoms with Gasteiger partial charge >= 0.3 is 10.1 Å². The highest BCUT2D eigenvalue weighted by Crippen LogP contribution is 2.13. The molecule has 0 atom stereocenters. The summed E-state index contributed by atoms with van der Waals surface area (Å²) in [5, 5.41) is 14.3. The summed E-state index contributed by atoms with van der Waals surface area (Å²) in [6.45, 7) is 2.21. The van der Waals surface area contributed by atoms with E-state index in [0.717, 1.165) is 19.3 Å². The van der Waals surface area contributed by atoms with Crippen molar-refractivity contribution in [2.24, 2.45) is 5.16 Å². The number of nitrogens with zero attached hydrogens (tertiary/aromatic N) is 2. The predicted molar refractivity (Wildman–Crippen MR) is 103 cm³/mol. The molecule has 1 rings (SSSR count). The molecule has 0 bridgehead atoms. The molecule has 0 spiro atoms. The molecule has 0 aliphatic heterocycles. The Bertz CT molecular complexity index is 632. The number of oxime groups is 1. The quantitative estimate of drug-likeness (QED) is 0.249. The van der Waals surface area contributed by atoms with Gasteiger partial charge in [0.1, 0.15) is 6.07 Å². The van der Waals surface area contributed by atoms with Gasteiger partial charge in [-0.15, -0.1) is 11.3 Å². The minimum Gasteiger partial charge on any atom is -0.267 e. The molecule has 0 aliphatic carbocycles. The summed E-state index contributed by atoms with van der Waals surface area (Å²) in [6.07, 6.45) is 11.4. The van der Waals surface area contributed by atoms with Crippen molar-refractivity contribution in [2.75, 3.05) is 5.75 Å². The summed E-state index contributed by atoms with van der Waals surface area (Å²) in [7, 11) is -3.72. The summed E-state index contributed by atoms with van der Waals surface area (Å²) in [5.41, 5.74) is -0.0124. The van der Waals surface area contributed by atoms with Crippen LogP contribution in [0.2, 0.25) is 0 Å². The molecule has 7 heteroatoms. The minimum atomic E-state index is -3.72. The Hall–Kier alpha value is -1.39. The third-order valence-electron chi connectivity index (χ3n) is 3.85. The molecule has 1 heterocycles. The molecule has 1 aromatic rings. The van der Waals surface area contributed by atoms with Crippen molar-refractivity contribution in [1.82, 2.24) is 0 Å². The van der Waals surface area contributed by atoms with Crippen LogP contribution in [0.1, 0.15) is 76.0 Å². The van der Waals surface area contributed by atoms with Gasteiger partial charge in [-0.25, -0.2) is 0 Å². The number of thiophene rings is 1. The number of nitriles is 1. The summed E-state index contributed by atoms with van der Waals surface area (Å²) in [6, 6.07) is 5.32. The third-order valence-corrected chi connectivity index (χ3v) is 5.82. The molecular formula is C18H28N2O3S2. The first-order chi connectivity index (χ1) is 12.1. The van der Waals surface area contributed by atoms with Crippen molar-refractivity contribution in [3.63, 3.8) is 0 Å². The fraction of sp³-hybridized carbons (Fsp3) is 0.667. The van der Waals surface area contributed by atoms with Gasteiger partial charge in [0, 0.05) is 0 Å². The highest BCUT2D eigenvalue weighted by atomic mass is 32.2. The largest absolute Gasteiger partial charge is 0.328 e. The Morgan fingerprint density at radius 2 is 1.72 bits per heavy atom. The Labute approximate surface area is 155 Å². The summed E-state index contributed by atoms with van der Waals surface area (Å²) < 4.78 is 28.3. The average Bonchev–Trinajstić information content (AvgIpc) is 3.11. The smallest absolute Gasteiger partial charge is 0.267 e. The van der Waals surface area contributed by atoms with Crippen LogP contribution in [0, 0.1) is 11.3 Å². The van der Waals surface area contributed by atoms with Crippen molar-refractivity contribution in [1.29, 1.82) is 5.26 Å². The number of hydrogen-bond acceptors (Lipinski definition) is 6. The van der Waals surface area contributed by atoms with Gasteiger partial charge in [0.05, 0.1) is 10.6 Å². The molecule has 0 radical (unpaired) electrons. The van der Waals surface area contributed by atoms with Crippen LogP contribution in [0.4, 0.5) is 0 Å². The first-order valence-corrected chi connectivity index (χ1v) is 11.5. The second-order valence-corrected chi connectivity index (χ2v) is 8.67. The third kappa shape index (κ3) is 10.3. The minimum absolute atomic E-state index is 0.0124. The SMILES string of the molecule is CCCCCCCCCCCCS(=O)(=O)O/N=C(/C#N)c1cccs1. The van der Waals surface area contributed by atoms with Gasteiger partial charge in [0.2, 0.25) is 0 Å². The van der Waals surface area contributed by atoms with Crippen LogP contribution in [0.5, 0.6) is 0 Å². The van der Waals surface area contributed by atoms with E-state index in [9.17, 15) is 8.42 Å². The van der Waals surface area contributed by atoms with Gasteiger partial charge in [-0.1, -0.05) is 75.9 Å². The topological polar surface area (TPSA) is 79.5 Å². The number of hydrogen-bond donors (Lipinski definition) is 0. The lowest BCUT2D eigenvalue weighted by Gasteiger charge is -2.03. The molecule has 1 aromatic heterocycles. The van der Waals surface area contributed by atoms with E-state index in [2.05, 4.69) is 16.4 Å². The lowest BCUT2D eigenvalue weighted by molar-refractivity contribution is 0.338. The van der Waals surface area contributed by atoms with E-state index < -0.39 is 10.1 Å². The molecule has 0 saturated heterocycles. The van der Waals surface area contributed by atoms with E-state index in [0.29, 0.717) is 11.3 Å². The lowest BCUT2D eigenvalue weighted by Crippen LogP contribution is -2.09. The highest BCUT2D eigenvalue weighted by Gasteiger charge is 2.13.